The second kappa shape index (κ2) is 8.14. The third kappa shape index (κ3) is 5.76. The topological polar surface area (TPSA) is 49.8 Å². The average molecular weight is 434 g/mol. The van der Waals surface area contributed by atoms with E-state index in [1.807, 2.05) is 0 Å². The molecule has 0 spiro atoms. The summed E-state index contributed by atoms with van der Waals surface area (Å²) in [5, 5.41) is 0.345. The molecule has 136 valence electrons. The highest BCUT2D eigenvalue weighted by atomic mass is 35.5. The molecule has 11 heteroatoms. The van der Waals surface area contributed by atoms with Gasteiger partial charge in [0.2, 0.25) is 0 Å². The van der Waals surface area contributed by atoms with Crippen LogP contribution in [-0.4, -0.2) is 16.1 Å². The van der Waals surface area contributed by atoms with Crippen molar-refractivity contribution in [2.24, 2.45) is 0 Å². The molecular formula is C14H11Cl4F3N4. The lowest BCUT2D eigenvalue weighted by atomic mass is 10.1. The van der Waals surface area contributed by atoms with Gasteiger partial charge < -0.3 is 5.43 Å². The van der Waals surface area contributed by atoms with Crippen LogP contribution >= 0.6 is 46.4 Å². The Hall–Kier alpha value is -0.990. The van der Waals surface area contributed by atoms with Crippen molar-refractivity contribution in [1.82, 2.24) is 15.4 Å². The minimum Gasteiger partial charge on any atom is -0.303 e. The van der Waals surface area contributed by atoms with E-state index in [4.69, 9.17) is 46.4 Å². The fourth-order valence-corrected chi connectivity index (χ4v) is 2.90. The zero-order valence-corrected chi connectivity index (χ0v) is 15.6. The highest BCUT2D eigenvalue weighted by Gasteiger charge is 2.30. The molecule has 2 aromatic rings. The van der Waals surface area contributed by atoms with Crippen molar-refractivity contribution in [2.45, 2.75) is 25.6 Å². The van der Waals surface area contributed by atoms with Crippen molar-refractivity contribution in [3.8, 4) is 0 Å². The molecule has 1 unspecified atom stereocenters. The standard InChI is InChI=1S/C14H11Cl4F3N4/c1-6(8-3-2-7(15)4-9(8)16)24-25-13-12(18)23-11(17)10(22-13)5-14(19,20)21/h2-4,6,24H,5H2,1H3,(H,22,25). The van der Waals surface area contributed by atoms with Gasteiger partial charge in [-0.2, -0.15) is 13.2 Å². The number of hydrazine groups is 1. The van der Waals surface area contributed by atoms with Gasteiger partial charge in [0.15, 0.2) is 16.1 Å². The van der Waals surface area contributed by atoms with Gasteiger partial charge in [-0.15, -0.1) is 0 Å². The molecule has 0 aliphatic carbocycles. The Morgan fingerprint density at radius 1 is 1.08 bits per heavy atom. The van der Waals surface area contributed by atoms with E-state index >= 15 is 0 Å². The summed E-state index contributed by atoms with van der Waals surface area (Å²) in [5.41, 5.74) is 5.75. The van der Waals surface area contributed by atoms with Gasteiger partial charge in [-0.3, -0.25) is 0 Å². The average Bonchev–Trinajstić information content (AvgIpc) is 2.47. The van der Waals surface area contributed by atoms with E-state index in [1.54, 1.807) is 25.1 Å². The Bertz CT molecular complexity index is 770. The summed E-state index contributed by atoms with van der Waals surface area (Å²) in [7, 11) is 0. The number of hydrogen-bond acceptors (Lipinski definition) is 4. The molecule has 0 amide bonds. The van der Waals surface area contributed by atoms with Gasteiger partial charge in [0.05, 0.1) is 12.1 Å². The summed E-state index contributed by atoms with van der Waals surface area (Å²) in [4.78, 5) is 7.45. The number of rotatable bonds is 5. The zero-order chi connectivity index (χ0) is 18.8. The maximum Gasteiger partial charge on any atom is 0.394 e. The van der Waals surface area contributed by atoms with E-state index in [2.05, 4.69) is 20.8 Å². The number of hydrogen-bond donors (Lipinski definition) is 2. The molecule has 0 radical (unpaired) electrons. The molecule has 0 aliphatic rings. The van der Waals surface area contributed by atoms with Crippen LogP contribution in [0.4, 0.5) is 19.0 Å². The molecule has 0 saturated carbocycles. The van der Waals surface area contributed by atoms with E-state index in [9.17, 15) is 13.2 Å². The summed E-state index contributed by atoms with van der Waals surface area (Å²) in [5.74, 6) is -0.0812. The lowest BCUT2D eigenvalue weighted by Gasteiger charge is -2.18. The van der Waals surface area contributed by atoms with Gasteiger partial charge in [-0.1, -0.05) is 52.5 Å². The van der Waals surface area contributed by atoms with Crippen LogP contribution in [-0.2, 0) is 6.42 Å². The number of alkyl halides is 3. The van der Waals surface area contributed by atoms with Crippen molar-refractivity contribution in [3.63, 3.8) is 0 Å². The molecule has 2 rings (SSSR count). The van der Waals surface area contributed by atoms with Crippen molar-refractivity contribution >= 4 is 52.2 Å². The van der Waals surface area contributed by atoms with Crippen LogP contribution < -0.4 is 10.9 Å². The maximum absolute atomic E-state index is 12.5. The predicted octanol–water partition coefficient (Wildman–Crippen LogP) is 5.87. The number of benzene rings is 1. The van der Waals surface area contributed by atoms with E-state index in [1.165, 1.54) is 0 Å². The molecule has 0 saturated heterocycles. The first-order valence-electron chi connectivity index (χ1n) is 6.82. The third-order valence-electron chi connectivity index (χ3n) is 3.08. The Morgan fingerprint density at radius 2 is 1.76 bits per heavy atom. The number of halogens is 7. The van der Waals surface area contributed by atoms with Gasteiger partial charge in [-0.25, -0.2) is 15.4 Å². The van der Waals surface area contributed by atoms with Crippen molar-refractivity contribution in [3.05, 3.63) is 49.8 Å². The van der Waals surface area contributed by atoms with Gasteiger partial charge in [0, 0.05) is 16.1 Å². The highest BCUT2D eigenvalue weighted by molar-refractivity contribution is 6.35. The molecule has 0 fully saturated rings. The summed E-state index contributed by atoms with van der Waals surface area (Å²) in [6.07, 6.45) is -5.79. The second-order valence-electron chi connectivity index (χ2n) is 5.05. The predicted molar refractivity (Wildman–Crippen MR) is 93.4 cm³/mol. The first kappa shape index (κ1) is 20.3. The number of nitrogens with one attached hydrogen (secondary N) is 2. The van der Waals surface area contributed by atoms with Gasteiger partial charge in [0.25, 0.3) is 0 Å². The van der Waals surface area contributed by atoms with E-state index in [0.717, 1.165) is 0 Å². The monoisotopic (exact) mass is 432 g/mol. The molecule has 1 heterocycles. The SMILES string of the molecule is CC(NNc1nc(CC(F)(F)F)c(Cl)nc1Cl)c1ccc(Cl)cc1Cl. The molecule has 1 aromatic heterocycles. The second-order valence-corrected chi connectivity index (χ2v) is 6.61. The van der Waals surface area contributed by atoms with Crippen LogP contribution in [0.3, 0.4) is 0 Å². The Kier molecular flexibility index (Phi) is 6.62. The molecule has 0 bridgehead atoms. The molecular weight excluding hydrogens is 423 g/mol. The summed E-state index contributed by atoms with van der Waals surface area (Å²) in [6.45, 7) is 1.77. The van der Waals surface area contributed by atoms with Gasteiger partial charge in [0.1, 0.15) is 0 Å². The smallest absolute Gasteiger partial charge is 0.303 e. The molecule has 25 heavy (non-hydrogen) atoms. The quantitative estimate of drug-likeness (QED) is 0.578. The van der Waals surface area contributed by atoms with E-state index in [-0.39, 0.29) is 17.0 Å². The largest absolute Gasteiger partial charge is 0.394 e. The van der Waals surface area contributed by atoms with Crippen LogP contribution in [0.15, 0.2) is 18.2 Å². The first-order valence-corrected chi connectivity index (χ1v) is 8.33. The fourth-order valence-electron chi connectivity index (χ4n) is 1.92. The van der Waals surface area contributed by atoms with Gasteiger partial charge >= 0.3 is 6.18 Å². The molecule has 1 aromatic carbocycles. The van der Waals surface area contributed by atoms with Crippen LogP contribution in [0, 0.1) is 0 Å². The van der Waals surface area contributed by atoms with Crippen molar-refractivity contribution < 1.29 is 13.2 Å². The minimum atomic E-state index is -4.47. The Labute approximate surface area is 161 Å². The van der Waals surface area contributed by atoms with Crippen LogP contribution in [0.25, 0.3) is 0 Å². The Balaban J connectivity index is 2.15. The molecule has 0 aliphatic heterocycles. The maximum atomic E-state index is 12.5. The molecule has 4 nitrogen and oxygen atoms in total. The van der Waals surface area contributed by atoms with Crippen molar-refractivity contribution in [2.75, 3.05) is 5.43 Å². The minimum absolute atomic E-state index is 0.0812. The zero-order valence-electron chi connectivity index (χ0n) is 12.6. The van der Waals surface area contributed by atoms with Crippen LogP contribution in [0.2, 0.25) is 20.4 Å². The van der Waals surface area contributed by atoms with Gasteiger partial charge in [-0.05, 0) is 24.6 Å². The number of nitrogens with zero attached hydrogens (tertiary/aromatic N) is 2. The highest BCUT2D eigenvalue weighted by Crippen LogP contribution is 2.29. The van der Waals surface area contributed by atoms with Crippen LogP contribution in [0.1, 0.15) is 24.2 Å². The third-order valence-corrected chi connectivity index (χ3v) is 4.21. The fraction of sp³-hybridized carbons (Fsp3) is 0.286. The van der Waals surface area contributed by atoms with Crippen molar-refractivity contribution in [1.29, 1.82) is 0 Å². The lowest BCUT2D eigenvalue weighted by molar-refractivity contribution is -0.127. The summed E-state index contributed by atoms with van der Waals surface area (Å²) < 4.78 is 37.6. The normalized spacial score (nSPS) is 13.0. The summed E-state index contributed by atoms with van der Waals surface area (Å²) >= 11 is 23.5. The lowest BCUT2D eigenvalue weighted by Crippen LogP contribution is -2.27. The van der Waals surface area contributed by atoms with Crippen LogP contribution in [0.5, 0.6) is 0 Å². The van der Waals surface area contributed by atoms with E-state index in [0.29, 0.717) is 15.6 Å². The first-order chi connectivity index (χ1) is 11.6. The number of anilines is 1. The Morgan fingerprint density at radius 3 is 2.36 bits per heavy atom. The van der Waals surface area contributed by atoms with E-state index < -0.39 is 23.4 Å². The summed E-state index contributed by atoms with van der Waals surface area (Å²) in [6, 6.07) is 4.63. The number of aromatic nitrogens is 2. The molecule has 1 atom stereocenters. The molecule has 2 N–H and O–H groups in total.